The summed E-state index contributed by atoms with van der Waals surface area (Å²) in [4.78, 5) is 37.9. The van der Waals surface area contributed by atoms with Crippen molar-refractivity contribution in [1.82, 2.24) is 9.47 Å². The van der Waals surface area contributed by atoms with Crippen molar-refractivity contribution in [3.8, 4) is 28.4 Å². The second-order valence-corrected chi connectivity index (χ2v) is 8.47. The number of hydrogen-bond donors (Lipinski definition) is 1. The van der Waals surface area contributed by atoms with Gasteiger partial charge in [0.2, 0.25) is 11.8 Å². The molecule has 1 aromatic heterocycles. The van der Waals surface area contributed by atoms with Crippen molar-refractivity contribution in [3.63, 3.8) is 0 Å². The summed E-state index contributed by atoms with van der Waals surface area (Å²) >= 11 is 6.24. The van der Waals surface area contributed by atoms with E-state index in [-0.39, 0.29) is 30.5 Å². The molecule has 0 bridgehead atoms. The lowest BCUT2D eigenvalue weighted by Gasteiger charge is -2.25. The summed E-state index contributed by atoms with van der Waals surface area (Å²) < 4.78 is 13.8. The van der Waals surface area contributed by atoms with Crippen LogP contribution in [0.3, 0.4) is 0 Å². The minimum absolute atomic E-state index is 0.129. The van der Waals surface area contributed by atoms with Crippen LogP contribution in [0.1, 0.15) is 19.4 Å². The lowest BCUT2D eigenvalue weighted by Crippen LogP contribution is -2.32. The van der Waals surface area contributed by atoms with Gasteiger partial charge in [-0.3, -0.25) is 14.4 Å². The van der Waals surface area contributed by atoms with Gasteiger partial charge in [-0.2, -0.15) is 0 Å². The molecule has 0 unspecified atom stereocenters. The average molecular weight is 482 g/mol. The molecule has 2 amide bonds. The first kappa shape index (κ1) is 23.4. The highest BCUT2D eigenvalue weighted by Crippen LogP contribution is 2.41. The molecule has 0 spiro atoms. The van der Waals surface area contributed by atoms with E-state index in [4.69, 9.17) is 21.1 Å². The molecule has 1 N–H and O–H groups in total. The third kappa shape index (κ3) is 5.07. The van der Waals surface area contributed by atoms with E-state index in [1.54, 1.807) is 54.5 Å². The maximum atomic E-state index is 12.4. The van der Waals surface area contributed by atoms with Gasteiger partial charge in [-0.05, 0) is 36.4 Å². The van der Waals surface area contributed by atoms with Crippen LogP contribution < -0.4 is 20.3 Å². The van der Waals surface area contributed by atoms with Gasteiger partial charge in [0.15, 0.2) is 0 Å². The second kappa shape index (κ2) is 9.61. The van der Waals surface area contributed by atoms with Gasteiger partial charge in [0.05, 0.1) is 6.54 Å². The van der Waals surface area contributed by atoms with Gasteiger partial charge >= 0.3 is 0 Å². The minimum atomic E-state index is -0.241. The number of nitrogens with zero attached hydrogens (tertiary/aromatic N) is 2. The number of hydrogen-bond acceptors (Lipinski definition) is 5. The Bertz CT molecular complexity index is 1330. The summed E-state index contributed by atoms with van der Waals surface area (Å²) in [6.45, 7) is 3.67. The van der Waals surface area contributed by atoms with Gasteiger partial charge in [0, 0.05) is 67.1 Å². The molecule has 0 saturated carbocycles. The number of fused-ring (bicyclic) bond motifs is 4. The number of rotatable bonds is 1. The summed E-state index contributed by atoms with van der Waals surface area (Å²) in [5.41, 5.74) is 2.30. The Balaban J connectivity index is 1.94. The highest BCUT2D eigenvalue weighted by atomic mass is 35.5. The van der Waals surface area contributed by atoms with Gasteiger partial charge < -0.3 is 24.3 Å². The number of anilines is 1. The SMILES string of the molecule is CC(=O)Nc1ccc2c(c1)-c1cn(C)c(=O)cc1OCCN(C(C)=O)Cc1cc(Cl)ccc1O2. The molecule has 0 saturated heterocycles. The average Bonchev–Trinajstić information content (AvgIpc) is 2.76. The Kier molecular flexibility index (Phi) is 6.61. The number of aromatic nitrogens is 1. The Labute approximate surface area is 201 Å². The number of benzene rings is 2. The Morgan fingerprint density at radius 1 is 1.00 bits per heavy atom. The summed E-state index contributed by atoms with van der Waals surface area (Å²) in [7, 11) is 1.64. The van der Waals surface area contributed by atoms with E-state index in [1.165, 1.54) is 24.5 Å². The van der Waals surface area contributed by atoms with Crippen LogP contribution in [-0.2, 0) is 23.2 Å². The minimum Gasteiger partial charge on any atom is -0.491 e. The molecular weight excluding hydrogens is 458 g/mol. The maximum absolute atomic E-state index is 12.4. The third-order valence-electron chi connectivity index (χ3n) is 5.45. The smallest absolute Gasteiger partial charge is 0.254 e. The van der Waals surface area contributed by atoms with E-state index < -0.39 is 0 Å². The molecule has 0 radical (unpaired) electrons. The van der Waals surface area contributed by atoms with Gasteiger partial charge in [0.25, 0.3) is 5.56 Å². The number of pyridine rings is 1. The number of carbonyl (C=O) groups excluding carboxylic acids is 2. The van der Waals surface area contributed by atoms with Crippen LogP contribution in [0.15, 0.2) is 53.5 Å². The summed E-state index contributed by atoms with van der Waals surface area (Å²) in [5, 5.41) is 3.30. The number of amides is 2. The monoisotopic (exact) mass is 481 g/mol. The molecule has 0 fully saturated rings. The molecule has 4 rings (SSSR count). The van der Waals surface area contributed by atoms with Crippen molar-refractivity contribution in [2.75, 3.05) is 18.5 Å². The highest BCUT2D eigenvalue weighted by Gasteiger charge is 2.20. The summed E-state index contributed by atoms with van der Waals surface area (Å²) in [5.74, 6) is 1.04. The Morgan fingerprint density at radius 3 is 2.50 bits per heavy atom. The first-order chi connectivity index (χ1) is 16.2. The zero-order valence-electron chi connectivity index (χ0n) is 19.1. The van der Waals surface area contributed by atoms with E-state index in [2.05, 4.69) is 5.32 Å². The molecule has 1 aliphatic heterocycles. The molecule has 0 aliphatic carbocycles. The second-order valence-electron chi connectivity index (χ2n) is 8.04. The van der Waals surface area contributed by atoms with Crippen LogP contribution >= 0.6 is 11.6 Å². The van der Waals surface area contributed by atoms with Crippen molar-refractivity contribution in [2.45, 2.75) is 20.4 Å². The largest absolute Gasteiger partial charge is 0.491 e. The first-order valence-corrected chi connectivity index (χ1v) is 11.1. The van der Waals surface area contributed by atoms with Crippen LogP contribution in [0.5, 0.6) is 17.2 Å². The normalized spacial score (nSPS) is 13.1. The number of carbonyl (C=O) groups is 2. The lowest BCUT2D eigenvalue weighted by atomic mass is 10.0. The molecule has 0 atom stereocenters. The zero-order chi connectivity index (χ0) is 24.4. The third-order valence-corrected chi connectivity index (χ3v) is 5.68. The molecule has 8 nitrogen and oxygen atoms in total. The molecule has 34 heavy (non-hydrogen) atoms. The number of aryl methyl sites for hydroxylation is 1. The fourth-order valence-electron chi connectivity index (χ4n) is 3.75. The van der Waals surface area contributed by atoms with Crippen LogP contribution in [0.2, 0.25) is 5.02 Å². The summed E-state index contributed by atoms with van der Waals surface area (Å²) in [6, 6.07) is 11.9. The maximum Gasteiger partial charge on any atom is 0.254 e. The lowest BCUT2D eigenvalue weighted by molar-refractivity contribution is -0.129. The molecule has 9 heteroatoms. The van der Waals surface area contributed by atoms with Crippen LogP contribution in [0.25, 0.3) is 11.1 Å². The Morgan fingerprint density at radius 2 is 1.76 bits per heavy atom. The molecule has 176 valence electrons. The standard InChI is InChI=1S/C25H24ClN3O5/c1-15(30)27-19-5-7-23-20(11-19)21-14-28(3)25(32)12-24(21)33-9-8-29(16(2)31)13-17-10-18(26)4-6-22(17)34-23/h4-7,10-12,14H,8-9,13H2,1-3H3,(H,27,30). The van der Waals surface area contributed by atoms with Gasteiger partial charge in [-0.1, -0.05) is 11.6 Å². The summed E-state index contributed by atoms with van der Waals surface area (Å²) in [6.07, 6.45) is 1.66. The van der Waals surface area contributed by atoms with Crippen molar-refractivity contribution in [2.24, 2.45) is 7.05 Å². The van der Waals surface area contributed by atoms with Gasteiger partial charge in [-0.15, -0.1) is 0 Å². The zero-order valence-corrected chi connectivity index (χ0v) is 19.8. The first-order valence-electron chi connectivity index (χ1n) is 10.7. The topological polar surface area (TPSA) is 89.9 Å². The van der Waals surface area contributed by atoms with Crippen molar-refractivity contribution >= 4 is 29.1 Å². The van der Waals surface area contributed by atoms with Gasteiger partial charge in [0.1, 0.15) is 23.9 Å². The van der Waals surface area contributed by atoms with E-state index >= 15 is 0 Å². The predicted molar refractivity (Wildman–Crippen MR) is 130 cm³/mol. The Hall–Kier alpha value is -3.78. The van der Waals surface area contributed by atoms with Crippen LogP contribution in [-0.4, -0.2) is 34.4 Å². The highest BCUT2D eigenvalue weighted by molar-refractivity contribution is 6.30. The fraction of sp³-hybridized carbons (Fsp3) is 0.240. The quantitative estimate of drug-likeness (QED) is 0.562. The fourth-order valence-corrected chi connectivity index (χ4v) is 3.95. The van der Waals surface area contributed by atoms with Crippen LogP contribution in [0.4, 0.5) is 5.69 Å². The van der Waals surface area contributed by atoms with E-state index in [9.17, 15) is 14.4 Å². The van der Waals surface area contributed by atoms with E-state index in [0.29, 0.717) is 45.6 Å². The number of nitrogens with one attached hydrogen (secondary N) is 1. The van der Waals surface area contributed by atoms with Crippen molar-refractivity contribution in [3.05, 3.63) is 69.6 Å². The molecule has 2 heterocycles. The van der Waals surface area contributed by atoms with Gasteiger partial charge in [-0.25, -0.2) is 0 Å². The molecule has 3 aromatic rings. The van der Waals surface area contributed by atoms with Crippen molar-refractivity contribution in [1.29, 1.82) is 0 Å². The predicted octanol–water partition coefficient (Wildman–Crippen LogP) is 4.20. The van der Waals surface area contributed by atoms with Crippen molar-refractivity contribution < 1.29 is 19.1 Å². The molecular formula is C25H24ClN3O5. The number of ether oxygens (including phenoxy) is 2. The number of halogens is 1. The molecule has 2 aromatic carbocycles. The van der Waals surface area contributed by atoms with E-state index in [1.807, 2.05) is 0 Å². The van der Waals surface area contributed by atoms with Crippen LogP contribution in [0, 0.1) is 0 Å². The molecule has 1 aliphatic rings. The van der Waals surface area contributed by atoms with E-state index in [0.717, 1.165) is 5.56 Å².